The zero-order valence-corrected chi connectivity index (χ0v) is 14.6. The molecule has 3 nitrogen and oxygen atoms in total. The number of hydrogen-bond donors (Lipinski definition) is 0. The van der Waals surface area contributed by atoms with Crippen LogP contribution in [0.3, 0.4) is 0 Å². The van der Waals surface area contributed by atoms with Gasteiger partial charge in [-0.25, -0.2) is 0 Å². The minimum atomic E-state index is 0.774. The maximum absolute atomic E-state index is 5.80. The molecule has 0 aliphatic carbocycles. The number of unbranched alkanes of at least 4 members (excludes halogenated alkanes) is 3. The fourth-order valence-electron chi connectivity index (χ4n) is 2.67. The van der Waals surface area contributed by atoms with Gasteiger partial charge in [-0.1, -0.05) is 50.3 Å². The lowest BCUT2D eigenvalue weighted by Crippen LogP contribution is -1.97. The number of benzene rings is 2. The van der Waals surface area contributed by atoms with Gasteiger partial charge in [0.2, 0.25) is 0 Å². The zero-order chi connectivity index (χ0) is 16.8. The van der Waals surface area contributed by atoms with E-state index in [9.17, 15) is 0 Å². The number of rotatable bonds is 7. The summed E-state index contributed by atoms with van der Waals surface area (Å²) >= 11 is 1.19. The molecule has 0 radical (unpaired) electrons. The number of terminal acetylenes is 1. The first-order valence-electron chi connectivity index (χ1n) is 8.28. The number of fused-ring (bicyclic) bond motifs is 1. The highest BCUT2D eigenvalue weighted by Crippen LogP contribution is 2.30. The Hall–Kier alpha value is -2.38. The van der Waals surface area contributed by atoms with Crippen molar-refractivity contribution >= 4 is 22.8 Å². The molecular weight excluding hydrogens is 316 g/mol. The molecule has 0 aliphatic heterocycles. The molecule has 0 bridgehead atoms. The van der Waals surface area contributed by atoms with Crippen LogP contribution in [0, 0.1) is 12.3 Å². The second kappa shape index (κ2) is 7.94. The van der Waals surface area contributed by atoms with E-state index < -0.39 is 0 Å². The van der Waals surface area contributed by atoms with Crippen LogP contribution in [0.4, 0.5) is 0 Å². The van der Waals surface area contributed by atoms with Crippen molar-refractivity contribution in [1.29, 1.82) is 0 Å². The van der Waals surface area contributed by atoms with Gasteiger partial charge in [-0.3, -0.25) is 0 Å². The lowest BCUT2D eigenvalue weighted by molar-refractivity contribution is 0.305. The molecule has 2 aromatic carbocycles. The van der Waals surface area contributed by atoms with Crippen molar-refractivity contribution in [2.45, 2.75) is 32.6 Å². The molecule has 1 aromatic heterocycles. The Labute approximate surface area is 147 Å². The Morgan fingerprint density at radius 3 is 2.54 bits per heavy atom. The molecule has 0 spiro atoms. The van der Waals surface area contributed by atoms with Crippen molar-refractivity contribution < 1.29 is 4.74 Å². The number of ether oxygens (including phenoxy) is 1. The van der Waals surface area contributed by atoms with Crippen molar-refractivity contribution in [3.05, 3.63) is 42.0 Å². The topological polar surface area (TPSA) is 35.0 Å². The summed E-state index contributed by atoms with van der Waals surface area (Å²) in [4.78, 5) is 0. The van der Waals surface area contributed by atoms with E-state index in [2.05, 4.69) is 33.7 Å². The van der Waals surface area contributed by atoms with Crippen LogP contribution in [-0.2, 0) is 0 Å². The minimum Gasteiger partial charge on any atom is -0.494 e. The van der Waals surface area contributed by atoms with Crippen LogP contribution in [0.25, 0.3) is 22.2 Å². The van der Waals surface area contributed by atoms with Crippen molar-refractivity contribution in [3.63, 3.8) is 0 Å². The highest BCUT2D eigenvalue weighted by atomic mass is 32.1. The van der Waals surface area contributed by atoms with Crippen molar-refractivity contribution in [3.8, 4) is 29.2 Å². The van der Waals surface area contributed by atoms with E-state index in [-0.39, 0.29) is 0 Å². The third-order valence-electron chi connectivity index (χ3n) is 4.00. The second-order valence-electron chi connectivity index (χ2n) is 5.70. The molecule has 0 fully saturated rings. The van der Waals surface area contributed by atoms with Crippen LogP contribution in [0.2, 0.25) is 0 Å². The van der Waals surface area contributed by atoms with Crippen molar-refractivity contribution in [2.24, 2.45) is 0 Å². The summed E-state index contributed by atoms with van der Waals surface area (Å²) in [6, 6.07) is 12.1. The summed E-state index contributed by atoms with van der Waals surface area (Å²) in [7, 11) is 0. The van der Waals surface area contributed by atoms with Gasteiger partial charge >= 0.3 is 0 Å². The maximum Gasteiger partial charge on any atom is 0.121 e. The molecule has 0 saturated heterocycles. The van der Waals surface area contributed by atoms with Crippen LogP contribution < -0.4 is 4.74 Å². The average Bonchev–Trinajstić information content (AvgIpc) is 3.11. The van der Waals surface area contributed by atoms with E-state index in [1.54, 1.807) is 0 Å². The Balaban J connectivity index is 1.75. The van der Waals surface area contributed by atoms with E-state index >= 15 is 0 Å². The smallest absolute Gasteiger partial charge is 0.121 e. The molecule has 3 aromatic rings. The molecular formula is C20H20N2OS. The highest BCUT2D eigenvalue weighted by molar-refractivity contribution is 7.00. The molecule has 0 N–H and O–H groups in total. The van der Waals surface area contributed by atoms with Gasteiger partial charge in [0.25, 0.3) is 0 Å². The van der Waals surface area contributed by atoms with Crippen LogP contribution in [0.1, 0.15) is 38.2 Å². The molecule has 122 valence electrons. The first-order chi connectivity index (χ1) is 11.8. The predicted molar refractivity (Wildman–Crippen MR) is 100 cm³/mol. The first-order valence-corrected chi connectivity index (χ1v) is 9.01. The standard InChI is InChI=1S/C20H20N2OS/c1-3-5-6-7-14-23-17-11-8-16(9-12-17)18-13-10-15(4-2)19-20(18)22-24-21-19/h2,8-13H,3,5-7,14H2,1H3. The summed E-state index contributed by atoms with van der Waals surface area (Å²) in [5.41, 5.74) is 4.59. The fourth-order valence-corrected chi connectivity index (χ4v) is 3.24. The van der Waals surface area contributed by atoms with Gasteiger partial charge in [-0.2, -0.15) is 8.75 Å². The van der Waals surface area contributed by atoms with E-state index in [0.717, 1.165) is 46.5 Å². The molecule has 0 aliphatic rings. The van der Waals surface area contributed by atoms with Gasteiger partial charge in [0.1, 0.15) is 16.8 Å². The normalized spacial score (nSPS) is 10.7. The molecule has 24 heavy (non-hydrogen) atoms. The predicted octanol–water partition coefficient (Wildman–Crippen LogP) is 5.30. The Bertz CT molecular complexity index is 846. The molecule has 0 atom stereocenters. The lowest BCUT2D eigenvalue weighted by atomic mass is 10.0. The number of nitrogens with zero attached hydrogens (tertiary/aromatic N) is 2. The van der Waals surface area contributed by atoms with Crippen molar-refractivity contribution in [1.82, 2.24) is 8.75 Å². The Morgan fingerprint density at radius 2 is 1.79 bits per heavy atom. The minimum absolute atomic E-state index is 0.774. The summed E-state index contributed by atoms with van der Waals surface area (Å²) in [6.45, 7) is 2.99. The summed E-state index contributed by atoms with van der Waals surface area (Å²) in [5.74, 6) is 3.57. The second-order valence-corrected chi connectivity index (χ2v) is 6.23. The van der Waals surface area contributed by atoms with E-state index in [0.29, 0.717) is 0 Å². The number of aromatic nitrogens is 2. The fraction of sp³-hybridized carbons (Fsp3) is 0.300. The molecule has 0 saturated carbocycles. The highest BCUT2D eigenvalue weighted by Gasteiger charge is 2.11. The molecule has 3 rings (SSSR count). The Morgan fingerprint density at radius 1 is 1.00 bits per heavy atom. The van der Waals surface area contributed by atoms with Crippen LogP contribution in [-0.4, -0.2) is 15.4 Å². The summed E-state index contributed by atoms with van der Waals surface area (Å²) < 4.78 is 14.5. The monoisotopic (exact) mass is 336 g/mol. The first kappa shape index (κ1) is 16.5. The Kier molecular flexibility index (Phi) is 5.45. The van der Waals surface area contributed by atoms with Gasteiger partial charge in [-0.15, -0.1) is 6.42 Å². The molecule has 0 amide bonds. The number of hydrogen-bond acceptors (Lipinski definition) is 4. The third kappa shape index (κ3) is 3.58. The zero-order valence-electron chi connectivity index (χ0n) is 13.8. The van der Waals surface area contributed by atoms with Gasteiger partial charge in [0, 0.05) is 5.56 Å². The van der Waals surface area contributed by atoms with E-state index in [1.807, 2.05) is 24.3 Å². The molecule has 0 unspecified atom stereocenters. The third-order valence-corrected chi connectivity index (χ3v) is 4.53. The van der Waals surface area contributed by atoms with Crippen LogP contribution >= 0.6 is 11.7 Å². The summed E-state index contributed by atoms with van der Waals surface area (Å²) in [5, 5.41) is 0. The van der Waals surface area contributed by atoms with Gasteiger partial charge in [0.05, 0.1) is 23.9 Å². The van der Waals surface area contributed by atoms with Gasteiger partial charge < -0.3 is 4.74 Å². The van der Waals surface area contributed by atoms with Gasteiger partial charge in [-0.05, 0) is 30.2 Å². The van der Waals surface area contributed by atoms with Gasteiger partial charge in [0.15, 0.2) is 0 Å². The van der Waals surface area contributed by atoms with Crippen LogP contribution in [0.15, 0.2) is 36.4 Å². The van der Waals surface area contributed by atoms with E-state index in [1.165, 1.54) is 31.0 Å². The molecule has 1 heterocycles. The van der Waals surface area contributed by atoms with E-state index in [4.69, 9.17) is 11.2 Å². The quantitative estimate of drug-likeness (QED) is 0.434. The van der Waals surface area contributed by atoms with Crippen molar-refractivity contribution in [2.75, 3.05) is 6.61 Å². The average molecular weight is 336 g/mol. The largest absolute Gasteiger partial charge is 0.494 e. The lowest BCUT2D eigenvalue weighted by Gasteiger charge is -2.08. The summed E-state index contributed by atoms with van der Waals surface area (Å²) in [6.07, 6.45) is 10.4. The van der Waals surface area contributed by atoms with Crippen LogP contribution in [0.5, 0.6) is 5.75 Å². The SMILES string of the molecule is C#Cc1ccc(-c2ccc(OCCCCCC)cc2)c2nsnc12. The molecule has 4 heteroatoms. The maximum atomic E-state index is 5.80.